The van der Waals surface area contributed by atoms with Crippen LogP contribution in [0, 0.1) is 12.8 Å². The number of hydrogen-bond donors (Lipinski definition) is 1. The summed E-state index contributed by atoms with van der Waals surface area (Å²) in [6, 6.07) is 6.45. The summed E-state index contributed by atoms with van der Waals surface area (Å²) >= 11 is 0. The SMILES string of the molecule is CCN(Cc1ccc(C)c(N)c1)CC1CCC1. The number of nitrogens with zero attached hydrogens (tertiary/aromatic N) is 1. The molecule has 0 atom stereocenters. The van der Waals surface area contributed by atoms with Crippen molar-refractivity contribution in [1.29, 1.82) is 0 Å². The van der Waals surface area contributed by atoms with Gasteiger partial charge in [0.1, 0.15) is 0 Å². The molecule has 0 amide bonds. The summed E-state index contributed by atoms with van der Waals surface area (Å²) in [6.45, 7) is 7.73. The Bertz CT molecular complexity index is 369. The number of nitrogen functional groups attached to an aromatic ring is 1. The van der Waals surface area contributed by atoms with E-state index in [0.29, 0.717) is 0 Å². The van der Waals surface area contributed by atoms with Crippen molar-refractivity contribution in [2.45, 2.75) is 39.7 Å². The maximum atomic E-state index is 5.96. The molecule has 1 aromatic carbocycles. The fraction of sp³-hybridized carbons (Fsp3) is 0.600. The molecule has 0 aliphatic heterocycles. The highest BCUT2D eigenvalue weighted by molar-refractivity contribution is 5.48. The minimum absolute atomic E-state index is 0.919. The zero-order chi connectivity index (χ0) is 12.3. The summed E-state index contributed by atoms with van der Waals surface area (Å²) in [6.07, 6.45) is 4.28. The van der Waals surface area contributed by atoms with Crippen LogP contribution >= 0.6 is 0 Å². The third kappa shape index (κ3) is 3.22. The second kappa shape index (κ2) is 5.54. The van der Waals surface area contributed by atoms with Crippen molar-refractivity contribution in [2.24, 2.45) is 5.92 Å². The van der Waals surface area contributed by atoms with Gasteiger partial charge in [0, 0.05) is 18.8 Å². The van der Waals surface area contributed by atoms with E-state index >= 15 is 0 Å². The van der Waals surface area contributed by atoms with Crippen LogP contribution in [0.25, 0.3) is 0 Å². The summed E-state index contributed by atoms with van der Waals surface area (Å²) in [7, 11) is 0. The maximum absolute atomic E-state index is 5.96. The lowest BCUT2D eigenvalue weighted by atomic mass is 9.85. The summed E-state index contributed by atoms with van der Waals surface area (Å²) in [4.78, 5) is 2.54. The highest BCUT2D eigenvalue weighted by Gasteiger charge is 2.19. The van der Waals surface area contributed by atoms with Crippen LogP contribution in [0.4, 0.5) is 5.69 Å². The molecule has 2 rings (SSSR count). The van der Waals surface area contributed by atoms with Gasteiger partial charge in [-0.15, -0.1) is 0 Å². The van der Waals surface area contributed by atoms with E-state index in [1.165, 1.54) is 36.9 Å². The standard InChI is InChI=1S/C15H24N2/c1-3-17(10-13-5-4-6-13)11-14-8-7-12(2)15(16)9-14/h7-9,13H,3-6,10-11,16H2,1-2H3. The average Bonchev–Trinajstić information content (AvgIpc) is 2.26. The molecule has 94 valence electrons. The smallest absolute Gasteiger partial charge is 0.0346 e. The minimum Gasteiger partial charge on any atom is -0.399 e. The van der Waals surface area contributed by atoms with Gasteiger partial charge in [-0.1, -0.05) is 25.5 Å². The van der Waals surface area contributed by atoms with Gasteiger partial charge in [-0.05, 0) is 49.4 Å². The van der Waals surface area contributed by atoms with Crippen LogP contribution in [-0.2, 0) is 6.54 Å². The molecule has 1 aliphatic carbocycles. The number of hydrogen-bond acceptors (Lipinski definition) is 2. The van der Waals surface area contributed by atoms with Gasteiger partial charge in [0.25, 0.3) is 0 Å². The third-order valence-electron chi connectivity index (χ3n) is 3.94. The van der Waals surface area contributed by atoms with Crippen LogP contribution in [0.15, 0.2) is 18.2 Å². The Labute approximate surface area is 105 Å². The Morgan fingerprint density at radius 1 is 1.35 bits per heavy atom. The molecular formula is C15H24N2. The number of anilines is 1. The molecule has 0 radical (unpaired) electrons. The van der Waals surface area contributed by atoms with Gasteiger partial charge in [0.05, 0.1) is 0 Å². The highest BCUT2D eigenvalue weighted by Crippen LogP contribution is 2.27. The number of benzene rings is 1. The first-order chi connectivity index (χ1) is 8.19. The summed E-state index contributed by atoms with van der Waals surface area (Å²) in [5.74, 6) is 0.942. The molecule has 0 heterocycles. The fourth-order valence-corrected chi connectivity index (χ4v) is 2.39. The lowest BCUT2D eigenvalue weighted by Gasteiger charge is -2.31. The van der Waals surface area contributed by atoms with Crippen molar-refractivity contribution in [3.8, 4) is 0 Å². The topological polar surface area (TPSA) is 29.3 Å². The second-order valence-electron chi connectivity index (χ2n) is 5.32. The summed E-state index contributed by atoms with van der Waals surface area (Å²) in [5.41, 5.74) is 9.40. The van der Waals surface area contributed by atoms with Crippen molar-refractivity contribution >= 4 is 5.69 Å². The molecule has 2 nitrogen and oxygen atoms in total. The zero-order valence-corrected chi connectivity index (χ0v) is 11.1. The fourth-order valence-electron chi connectivity index (χ4n) is 2.39. The first kappa shape index (κ1) is 12.4. The van der Waals surface area contributed by atoms with Gasteiger partial charge in [0.2, 0.25) is 0 Å². The van der Waals surface area contributed by atoms with Gasteiger partial charge in [-0.3, -0.25) is 4.90 Å². The van der Waals surface area contributed by atoms with E-state index in [1.54, 1.807) is 0 Å². The maximum Gasteiger partial charge on any atom is 0.0346 e. The largest absolute Gasteiger partial charge is 0.399 e. The molecule has 0 bridgehead atoms. The first-order valence-electron chi connectivity index (χ1n) is 6.76. The van der Waals surface area contributed by atoms with Crippen molar-refractivity contribution in [2.75, 3.05) is 18.8 Å². The minimum atomic E-state index is 0.919. The Kier molecular flexibility index (Phi) is 4.06. The molecule has 0 unspecified atom stereocenters. The van der Waals surface area contributed by atoms with Gasteiger partial charge < -0.3 is 5.73 Å². The Balaban J connectivity index is 1.94. The van der Waals surface area contributed by atoms with E-state index in [1.807, 2.05) is 0 Å². The van der Waals surface area contributed by atoms with Gasteiger partial charge in [-0.2, -0.15) is 0 Å². The highest BCUT2D eigenvalue weighted by atomic mass is 15.1. The van der Waals surface area contributed by atoms with Crippen LogP contribution in [0.3, 0.4) is 0 Å². The molecule has 1 fully saturated rings. The molecule has 2 heteroatoms. The monoisotopic (exact) mass is 232 g/mol. The van der Waals surface area contributed by atoms with E-state index in [4.69, 9.17) is 5.73 Å². The summed E-state index contributed by atoms with van der Waals surface area (Å²) < 4.78 is 0. The number of aryl methyl sites for hydroxylation is 1. The van der Waals surface area contributed by atoms with Crippen LogP contribution in [-0.4, -0.2) is 18.0 Å². The number of nitrogens with two attached hydrogens (primary N) is 1. The van der Waals surface area contributed by atoms with Crippen LogP contribution < -0.4 is 5.73 Å². The molecule has 1 aromatic rings. The van der Waals surface area contributed by atoms with Gasteiger partial charge in [-0.25, -0.2) is 0 Å². The van der Waals surface area contributed by atoms with Crippen molar-refractivity contribution in [3.05, 3.63) is 29.3 Å². The molecule has 1 saturated carbocycles. The van der Waals surface area contributed by atoms with Gasteiger partial charge in [0.15, 0.2) is 0 Å². The van der Waals surface area contributed by atoms with Crippen LogP contribution in [0.1, 0.15) is 37.3 Å². The molecule has 0 saturated heterocycles. The lowest BCUT2D eigenvalue weighted by molar-refractivity contribution is 0.178. The Hall–Kier alpha value is -1.02. The normalized spacial score (nSPS) is 16.2. The molecule has 0 aromatic heterocycles. The van der Waals surface area contributed by atoms with Crippen molar-refractivity contribution in [3.63, 3.8) is 0 Å². The second-order valence-corrected chi connectivity index (χ2v) is 5.32. The summed E-state index contributed by atoms with van der Waals surface area (Å²) in [5, 5.41) is 0. The van der Waals surface area contributed by atoms with Crippen molar-refractivity contribution in [1.82, 2.24) is 4.90 Å². The first-order valence-corrected chi connectivity index (χ1v) is 6.76. The molecule has 1 aliphatic rings. The predicted octanol–water partition coefficient (Wildman–Crippen LogP) is 3.20. The molecular weight excluding hydrogens is 208 g/mol. The van der Waals surface area contributed by atoms with Crippen molar-refractivity contribution < 1.29 is 0 Å². The van der Waals surface area contributed by atoms with Gasteiger partial charge >= 0.3 is 0 Å². The van der Waals surface area contributed by atoms with Crippen LogP contribution in [0.5, 0.6) is 0 Å². The number of rotatable bonds is 5. The molecule has 0 spiro atoms. The van der Waals surface area contributed by atoms with E-state index in [9.17, 15) is 0 Å². The van der Waals surface area contributed by atoms with E-state index < -0.39 is 0 Å². The predicted molar refractivity (Wildman–Crippen MR) is 73.9 cm³/mol. The lowest BCUT2D eigenvalue weighted by Crippen LogP contribution is -2.32. The van der Waals surface area contributed by atoms with E-state index in [-0.39, 0.29) is 0 Å². The Morgan fingerprint density at radius 2 is 2.12 bits per heavy atom. The quantitative estimate of drug-likeness (QED) is 0.790. The third-order valence-corrected chi connectivity index (χ3v) is 3.94. The van der Waals surface area contributed by atoms with Crippen LogP contribution in [0.2, 0.25) is 0 Å². The molecule has 2 N–H and O–H groups in total. The zero-order valence-electron chi connectivity index (χ0n) is 11.1. The Morgan fingerprint density at radius 3 is 2.65 bits per heavy atom. The molecule has 17 heavy (non-hydrogen) atoms. The van der Waals surface area contributed by atoms with E-state index in [2.05, 4.69) is 36.9 Å². The average molecular weight is 232 g/mol. The van der Waals surface area contributed by atoms with E-state index in [0.717, 1.165) is 24.7 Å².